The normalized spacial score (nSPS) is 26.4. The van der Waals surface area contributed by atoms with E-state index in [2.05, 4.69) is 20.6 Å². The number of imide groups is 1. The first-order valence-corrected chi connectivity index (χ1v) is 8.50. The molecule has 1 aliphatic heterocycles. The lowest BCUT2D eigenvalue weighted by atomic mass is 9.86. The van der Waals surface area contributed by atoms with E-state index in [-0.39, 0.29) is 11.1 Å². The molecule has 8 heteroatoms. The largest absolute Gasteiger partial charge is 0.351 e. The number of carbonyl (C=O) groups is 2. The van der Waals surface area contributed by atoms with Crippen LogP contribution in [0.25, 0.3) is 6.08 Å². The van der Waals surface area contributed by atoms with Gasteiger partial charge in [-0.15, -0.1) is 0 Å². The molecule has 0 spiro atoms. The molecule has 3 rings (SSSR count). The summed E-state index contributed by atoms with van der Waals surface area (Å²) in [6.45, 7) is 0.755. The Balaban J connectivity index is 1.65. The van der Waals surface area contributed by atoms with E-state index >= 15 is 0 Å². The minimum Gasteiger partial charge on any atom is -0.351 e. The van der Waals surface area contributed by atoms with E-state index in [0.717, 1.165) is 44.0 Å². The SMILES string of the molecule is NC[C@H]1CC[C@H](Nc2nccc(/C=C3\SC(=O)NC3=O)n2)CC1. The summed E-state index contributed by atoms with van der Waals surface area (Å²) in [5.41, 5.74) is 6.31. The van der Waals surface area contributed by atoms with Crippen LogP contribution < -0.4 is 16.4 Å². The van der Waals surface area contributed by atoms with Crippen LogP contribution in [0.2, 0.25) is 0 Å². The highest BCUT2D eigenvalue weighted by Gasteiger charge is 2.25. The van der Waals surface area contributed by atoms with Crippen molar-refractivity contribution in [3.05, 3.63) is 22.9 Å². The molecule has 0 bridgehead atoms. The molecule has 0 atom stereocenters. The van der Waals surface area contributed by atoms with Crippen LogP contribution in [0.5, 0.6) is 0 Å². The van der Waals surface area contributed by atoms with Crippen molar-refractivity contribution in [2.45, 2.75) is 31.7 Å². The molecule has 2 fully saturated rings. The van der Waals surface area contributed by atoms with Crippen molar-refractivity contribution < 1.29 is 9.59 Å². The maximum Gasteiger partial charge on any atom is 0.290 e. The topological polar surface area (TPSA) is 110 Å². The third kappa shape index (κ3) is 4.08. The molecule has 0 aromatic carbocycles. The number of nitrogens with two attached hydrogens (primary N) is 1. The van der Waals surface area contributed by atoms with E-state index < -0.39 is 0 Å². The lowest BCUT2D eigenvalue weighted by molar-refractivity contribution is -0.115. The number of aromatic nitrogens is 2. The summed E-state index contributed by atoms with van der Waals surface area (Å²) in [5.74, 6) is 0.791. The molecule has 1 saturated carbocycles. The van der Waals surface area contributed by atoms with Crippen LogP contribution in [0.15, 0.2) is 17.2 Å². The average molecular weight is 333 g/mol. The standard InChI is InChI=1S/C15H19N5O2S/c16-8-9-1-3-10(4-2-9)18-14-17-6-5-11(19-14)7-12-13(21)20-15(22)23-12/h5-7,9-10H,1-4,8,16H2,(H,17,18,19)(H,20,21,22)/b12-7-/t9-,10-. The number of hydrogen-bond donors (Lipinski definition) is 3. The number of carbonyl (C=O) groups excluding carboxylic acids is 2. The van der Waals surface area contributed by atoms with Gasteiger partial charge < -0.3 is 11.1 Å². The molecule has 0 radical (unpaired) electrons. The lowest BCUT2D eigenvalue weighted by Crippen LogP contribution is -2.29. The van der Waals surface area contributed by atoms with E-state index in [1.165, 1.54) is 0 Å². The number of amides is 2. The quantitative estimate of drug-likeness (QED) is 0.720. The number of hydrogen-bond acceptors (Lipinski definition) is 7. The molecule has 2 amide bonds. The van der Waals surface area contributed by atoms with Crippen LogP contribution in [0.3, 0.4) is 0 Å². The Kier molecular flexibility index (Phi) is 4.92. The summed E-state index contributed by atoms with van der Waals surface area (Å²) in [7, 11) is 0. The van der Waals surface area contributed by atoms with Gasteiger partial charge in [0.2, 0.25) is 5.95 Å². The van der Waals surface area contributed by atoms with Gasteiger partial charge in [-0.05, 0) is 62.1 Å². The minimum atomic E-state index is -0.381. The predicted octanol–water partition coefficient (Wildman–Crippen LogP) is 1.73. The maximum absolute atomic E-state index is 11.6. The lowest BCUT2D eigenvalue weighted by Gasteiger charge is -2.28. The van der Waals surface area contributed by atoms with Gasteiger partial charge in [0.1, 0.15) is 0 Å². The first kappa shape index (κ1) is 15.9. The van der Waals surface area contributed by atoms with Crippen molar-refractivity contribution in [3.63, 3.8) is 0 Å². The molecule has 122 valence electrons. The average Bonchev–Trinajstić information content (AvgIpc) is 2.86. The minimum absolute atomic E-state index is 0.350. The Morgan fingerprint density at radius 1 is 1.35 bits per heavy atom. The Morgan fingerprint density at radius 2 is 2.13 bits per heavy atom. The maximum atomic E-state index is 11.6. The van der Waals surface area contributed by atoms with Gasteiger partial charge >= 0.3 is 0 Å². The molecule has 0 unspecified atom stereocenters. The van der Waals surface area contributed by atoms with E-state index in [4.69, 9.17) is 5.73 Å². The van der Waals surface area contributed by atoms with Crippen molar-refractivity contribution in [3.8, 4) is 0 Å². The monoisotopic (exact) mass is 333 g/mol. The fourth-order valence-corrected chi connectivity index (χ4v) is 3.47. The summed E-state index contributed by atoms with van der Waals surface area (Å²) >= 11 is 0.882. The van der Waals surface area contributed by atoms with Gasteiger partial charge in [0.25, 0.3) is 11.1 Å². The molecule has 1 aromatic heterocycles. The third-order valence-corrected chi connectivity index (χ3v) is 4.92. The molecule has 1 aliphatic carbocycles. The number of thioether (sulfide) groups is 1. The first-order valence-electron chi connectivity index (χ1n) is 7.68. The van der Waals surface area contributed by atoms with Gasteiger partial charge in [-0.1, -0.05) is 0 Å². The highest BCUT2D eigenvalue weighted by Crippen LogP contribution is 2.26. The van der Waals surface area contributed by atoms with Gasteiger partial charge in [-0.3, -0.25) is 14.9 Å². The zero-order chi connectivity index (χ0) is 16.2. The second-order valence-corrected chi connectivity index (χ2v) is 6.77. The number of anilines is 1. The van der Waals surface area contributed by atoms with E-state index in [9.17, 15) is 9.59 Å². The third-order valence-electron chi connectivity index (χ3n) is 4.11. The van der Waals surface area contributed by atoms with Crippen LogP contribution in [-0.2, 0) is 4.79 Å². The van der Waals surface area contributed by atoms with Gasteiger partial charge in [0, 0.05) is 12.2 Å². The summed E-state index contributed by atoms with van der Waals surface area (Å²) in [5, 5.41) is 5.21. The first-order chi connectivity index (χ1) is 11.1. The molecule has 7 nitrogen and oxygen atoms in total. The van der Waals surface area contributed by atoms with Gasteiger partial charge in [0.05, 0.1) is 10.6 Å². The van der Waals surface area contributed by atoms with Crippen molar-refractivity contribution in [1.29, 1.82) is 0 Å². The fraction of sp³-hybridized carbons (Fsp3) is 0.467. The van der Waals surface area contributed by atoms with Crippen molar-refractivity contribution in [1.82, 2.24) is 15.3 Å². The number of rotatable bonds is 4. The molecular weight excluding hydrogens is 314 g/mol. The highest BCUT2D eigenvalue weighted by molar-refractivity contribution is 8.18. The van der Waals surface area contributed by atoms with Crippen molar-refractivity contribution in [2.24, 2.45) is 11.7 Å². The zero-order valence-corrected chi connectivity index (χ0v) is 13.4. The Morgan fingerprint density at radius 3 is 2.78 bits per heavy atom. The summed E-state index contributed by atoms with van der Waals surface area (Å²) in [6, 6.07) is 2.06. The predicted molar refractivity (Wildman–Crippen MR) is 89.6 cm³/mol. The molecule has 2 aliphatic rings. The van der Waals surface area contributed by atoms with E-state index in [1.54, 1.807) is 18.3 Å². The fourth-order valence-electron chi connectivity index (χ4n) is 2.80. The van der Waals surface area contributed by atoms with Crippen LogP contribution in [0, 0.1) is 5.92 Å². The molecule has 1 aromatic rings. The van der Waals surface area contributed by atoms with Gasteiger partial charge in [-0.25, -0.2) is 9.97 Å². The Bertz CT molecular complexity index is 641. The second kappa shape index (κ2) is 7.10. The number of nitrogens with one attached hydrogen (secondary N) is 2. The molecule has 23 heavy (non-hydrogen) atoms. The molecule has 4 N–H and O–H groups in total. The highest BCUT2D eigenvalue weighted by atomic mass is 32.2. The second-order valence-electron chi connectivity index (χ2n) is 5.76. The summed E-state index contributed by atoms with van der Waals surface area (Å²) in [6.07, 6.45) is 7.61. The molecule has 2 heterocycles. The van der Waals surface area contributed by atoms with Crippen LogP contribution in [0.1, 0.15) is 31.4 Å². The summed E-state index contributed by atoms with van der Waals surface area (Å²) < 4.78 is 0. The van der Waals surface area contributed by atoms with Gasteiger partial charge in [-0.2, -0.15) is 0 Å². The van der Waals surface area contributed by atoms with Crippen LogP contribution in [0.4, 0.5) is 10.7 Å². The Labute approximate surface area is 138 Å². The smallest absolute Gasteiger partial charge is 0.290 e. The van der Waals surface area contributed by atoms with E-state index in [1.807, 2.05) is 0 Å². The zero-order valence-electron chi connectivity index (χ0n) is 12.6. The molecule has 1 saturated heterocycles. The number of nitrogens with zero attached hydrogens (tertiary/aromatic N) is 2. The van der Waals surface area contributed by atoms with E-state index in [0.29, 0.717) is 28.5 Å². The van der Waals surface area contributed by atoms with Gasteiger partial charge in [0.15, 0.2) is 0 Å². The molecular formula is C15H19N5O2S. The van der Waals surface area contributed by atoms with Crippen LogP contribution >= 0.6 is 11.8 Å². The van der Waals surface area contributed by atoms with Crippen molar-refractivity contribution in [2.75, 3.05) is 11.9 Å². The summed E-state index contributed by atoms with van der Waals surface area (Å²) in [4.78, 5) is 31.7. The van der Waals surface area contributed by atoms with Crippen LogP contribution in [-0.4, -0.2) is 33.7 Å². The van der Waals surface area contributed by atoms with Crippen molar-refractivity contribution >= 4 is 34.9 Å². The Hall–Kier alpha value is -1.93.